The van der Waals surface area contributed by atoms with E-state index in [0.717, 1.165) is 12.8 Å². The summed E-state index contributed by atoms with van der Waals surface area (Å²) >= 11 is 0. The third-order valence-corrected chi connectivity index (χ3v) is 7.05. The van der Waals surface area contributed by atoms with Crippen molar-refractivity contribution >= 4 is 10.0 Å². The van der Waals surface area contributed by atoms with Crippen LogP contribution in [0.25, 0.3) is 0 Å². The molecule has 0 bridgehead atoms. The van der Waals surface area contributed by atoms with Gasteiger partial charge in [-0.2, -0.15) is 9.40 Å². The van der Waals surface area contributed by atoms with Crippen molar-refractivity contribution in [3.8, 4) is 0 Å². The van der Waals surface area contributed by atoms with Crippen molar-refractivity contribution in [1.82, 2.24) is 14.1 Å². The second-order valence-electron chi connectivity index (χ2n) is 6.21. The van der Waals surface area contributed by atoms with Gasteiger partial charge in [-0.25, -0.2) is 8.42 Å². The Morgan fingerprint density at radius 1 is 1.35 bits per heavy atom. The lowest BCUT2D eigenvalue weighted by Gasteiger charge is -2.38. The molecule has 1 saturated heterocycles. The summed E-state index contributed by atoms with van der Waals surface area (Å²) in [6, 6.07) is -0.149. The minimum atomic E-state index is -3.58. The lowest BCUT2D eigenvalue weighted by atomic mass is 10.1. The summed E-state index contributed by atoms with van der Waals surface area (Å²) in [5.41, 5.74) is 1.22. The molecule has 0 spiro atoms. The third kappa shape index (κ3) is 2.71. The predicted octanol–water partition coefficient (Wildman–Crippen LogP) is 0.994. The summed E-state index contributed by atoms with van der Waals surface area (Å²) in [5.74, 6) is 0. The number of nitrogens with zero attached hydrogens (tertiary/aromatic N) is 3. The van der Waals surface area contributed by atoms with Crippen LogP contribution in [0.5, 0.6) is 0 Å². The van der Waals surface area contributed by atoms with Gasteiger partial charge in [0.25, 0.3) is 0 Å². The van der Waals surface area contributed by atoms with Gasteiger partial charge < -0.3 is 9.47 Å². The Bertz CT molecular complexity index is 685. The van der Waals surface area contributed by atoms with Crippen LogP contribution in [-0.4, -0.2) is 60.5 Å². The van der Waals surface area contributed by atoms with E-state index in [-0.39, 0.29) is 18.2 Å². The lowest BCUT2D eigenvalue weighted by Crippen LogP contribution is -2.53. The standard InChI is InChI=1S/C15H25N3O4S/c1-5-21-13-7-6-12-14(13)22-9-8-18(12)23(19,20)15-10(2)16-17(4)11(15)3/h12-14H,5-9H2,1-4H3/t12-,13-,14+/m1/s1. The Morgan fingerprint density at radius 3 is 2.70 bits per heavy atom. The summed E-state index contributed by atoms with van der Waals surface area (Å²) in [5, 5.41) is 4.26. The van der Waals surface area contributed by atoms with E-state index in [1.54, 1.807) is 29.9 Å². The second kappa shape index (κ2) is 6.16. The first-order valence-corrected chi connectivity index (χ1v) is 9.57. The topological polar surface area (TPSA) is 73.7 Å². The fourth-order valence-corrected chi connectivity index (χ4v) is 5.87. The molecule has 3 rings (SSSR count). The first-order chi connectivity index (χ1) is 10.9. The van der Waals surface area contributed by atoms with E-state index in [1.165, 1.54) is 0 Å². The molecule has 0 unspecified atom stereocenters. The van der Waals surface area contributed by atoms with Crippen LogP contribution in [-0.2, 0) is 26.5 Å². The number of ether oxygens (including phenoxy) is 2. The number of fused-ring (bicyclic) bond motifs is 1. The van der Waals surface area contributed by atoms with E-state index in [1.807, 2.05) is 6.92 Å². The van der Waals surface area contributed by atoms with E-state index in [4.69, 9.17) is 9.47 Å². The molecule has 23 heavy (non-hydrogen) atoms. The van der Waals surface area contributed by atoms with Crippen molar-refractivity contribution in [2.75, 3.05) is 19.8 Å². The highest BCUT2D eigenvalue weighted by Gasteiger charge is 2.48. The van der Waals surface area contributed by atoms with Gasteiger partial charge in [-0.15, -0.1) is 0 Å². The lowest BCUT2D eigenvalue weighted by molar-refractivity contribution is -0.0938. The summed E-state index contributed by atoms with van der Waals surface area (Å²) < 4.78 is 41.3. The Hall–Kier alpha value is -0.960. The summed E-state index contributed by atoms with van der Waals surface area (Å²) in [4.78, 5) is 0.334. The molecule has 2 aliphatic rings. The second-order valence-corrected chi connectivity index (χ2v) is 8.04. The number of hydrogen-bond donors (Lipinski definition) is 0. The quantitative estimate of drug-likeness (QED) is 0.815. The van der Waals surface area contributed by atoms with Crippen LogP contribution in [0.15, 0.2) is 4.90 Å². The number of rotatable bonds is 4. The number of aromatic nitrogens is 2. The smallest absolute Gasteiger partial charge is 0.247 e. The van der Waals surface area contributed by atoms with Crippen LogP contribution in [0, 0.1) is 13.8 Å². The van der Waals surface area contributed by atoms with Crippen molar-refractivity contribution in [1.29, 1.82) is 0 Å². The van der Waals surface area contributed by atoms with Gasteiger partial charge in [0.05, 0.1) is 30.1 Å². The van der Waals surface area contributed by atoms with Crippen molar-refractivity contribution in [2.24, 2.45) is 7.05 Å². The zero-order valence-corrected chi connectivity index (χ0v) is 15.0. The molecular formula is C15H25N3O4S. The molecule has 1 aliphatic carbocycles. The van der Waals surface area contributed by atoms with Gasteiger partial charge in [0.2, 0.25) is 10.0 Å². The van der Waals surface area contributed by atoms with Gasteiger partial charge in [0.1, 0.15) is 11.0 Å². The largest absolute Gasteiger partial charge is 0.376 e. The van der Waals surface area contributed by atoms with Crippen molar-refractivity contribution in [3.05, 3.63) is 11.4 Å². The Morgan fingerprint density at radius 2 is 2.09 bits per heavy atom. The highest BCUT2D eigenvalue weighted by Crippen LogP contribution is 2.36. The molecular weight excluding hydrogens is 318 g/mol. The Labute approximate surface area is 137 Å². The van der Waals surface area contributed by atoms with Crippen LogP contribution in [0.1, 0.15) is 31.2 Å². The molecule has 1 aromatic rings. The third-order valence-electron chi connectivity index (χ3n) is 4.87. The first kappa shape index (κ1) is 16.9. The van der Waals surface area contributed by atoms with E-state index in [2.05, 4.69) is 5.10 Å². The molecule has 1 aromatic heterocycles. The van der Waals surface area contributed by atoms with Gasteiger partial charge in [-0.05, 0) is 33.6 Å². The number of hydrogen-bond acceptors (Lipinski definition) is 5. The maximum Gasteiger partial charge on any atom is 0.247 e. The van der Waals surface area contributed by atoms with Crippen LogP contribution >= 0.6 is 0 Å². The zero-order chi connectivity index (χ0) is 16.8. The fraction of sp³-hybridized carbons (Fsp3) is 0.800. The molecule has 1 aliphatic heterocycles. The maximum atomic E-state index is 13.2. The van der Waals surface area contributed by atoms with Crippen molar-refractivity contribution in [3.63, 3.8) is 0 Å². The van der Waals surface area contributed by atoms with E-state index >= 15 is 0 Å². The van der Waals surface area contributed by atoms with Crippen LogP contribution < -0.4 is 0 Å². The molecule has 0 aromatic carbocycles. The highest BCUT2D eigenvalue weighted by atomic mass is 32.2. The monoisotopic (exact) mass is 343 g/mol. The van der Waals surface area contributed by atoms with Crippen LogP contribution in [0.4, 0.5) is 0 Å². The summed E-state index contributed by atoms with van der Waals surface area (Å²) in [6.07, 6.45) is 1.42. The van der Waals surface area contributed by atoms with Crippen molar-refractivity contribution < 1.29 is 17.9 Å². The van der Waals surface area contributed by atoms with Gasteiger partial charge in [-0.3, -0.25) is 4.68 Å². The molecule has 2 fully saturated rings. The van der Waals surface area contributed by atoms with E-state index < -0.39 is 10.0 Å². The van der Waals surface area contributed by atoms with E-state index in [0.29, 0.717) is 36.0 Å². The number of sulfonamides is 1. The minimum absolute atomic E-state index is 0.0147. The van der Waals surface area contributed by atoms with E-state index in [9.17, 15) is 8.42 Å². The molecule has 0 N–H and O–H groups in total. The van der Waals surface area contributed by atoms with Gasteiger partial charge in [0.15, 0.2) is 0 Å². The number of aryl methyl sites for hydroxylation is 2. The first-order valence-electron chi connectivity index (χ1n) is 8.13. The van der Waals surface area contributed by atoms with Crippen LogP contribution in [0.2, 0.25) is 0 Å². The molecule has 7 nitrogen and oxygen atoms in total. The van der Waals surface area contributed by atoms with Crippen molar-refractivity contribution in [2.45, 2.75) is 56.8 Å². The Balaban J connectivity index is 1.94. The normalized spacial score (nSPS) is 29.0. The molecule has 2 heterocycles. The van der Waals surface area contributed by atoms with Gasteiger partial charge in [-0.1, -0.05) is 0 Å². The molecule has 130 valence electrons. The average molecular weight is 343 g/mol. The molecule has 0 radical (unpaired) electrons. The minimum Gasteiger partial charge on any atom is -0.376 e. The predicted molar refractivity (Wildman–Crippen MR) is 84.7 cm³/mol. The molecule has 1 saturated carbocycles. The summed E-state index contributed by atoms with van der Waals surface area (Å²) in [7, 11) is -1.81. The Kier molecular flexibility index (Phi) is 4.52. The molecule has 3 atom stereocenters. The maximum absolute atomic E-state index is 13.2. The summed E-state index contributed by atoms with van der Waals surface area (Å²) in [6.45, 7) is 6.90. The molecule has 8 heteroatoms. The zero-order valence-electron chi connectivity index (χ0n) is 14.2. The molecule has 0 amide bonds. The van der Waals surface area contributed by atoms with Gasteiger partial charge >= 0.3 is 0 Å². The van der Waals surface area contributed by atoms with Crippen LogP contribution in [0.3, 0.4) is 0 Å². The van der Waals surface area contributed by atoms with Gasteiger partial charge in [0, 0.05) is 20.2 Å². The average Bonchev–Trinajstić information content (AvgIpc) is 3.01. The SMILES string of the molecule is CCO[C@@H]1CC[C@@H]2[C@@H]1OCCN2S(=O)(=O)c1c(C)nn(C)c1C. The highest BCUT2D eigenvalue weighted by molar-refractivity contribution is 7.89. The fourth-order valence-electron chi connectivity index (χ4n) is 3.82. The number of morpholine rings is 1.